The quantitative estimate of drug-likeness (QED) is 0.221. The van der Waals surface area contributed by atoms with Crippen LogP contribution in [0.5, 0.6) is 0 Å². The molecule has 0 unspecified atom stereocenters. The van der Waals surface area contributed by atoms with Gasteiger partial charge in [-0.2, -0.15) is 0 Å². The molecular formula is C2H6N4. The molecule has 4 heteroatoms. The van der Waals surface area contributed by atoms with Gasteiger partial charge in [-0.15, -0.1) is 0 Å². The summed E-state index contributed by atoms with van der Waals surface area (Å²) in [6, 6.07) is 0. The smallest absolute Gasteiger partial charge is 0.158 e. The van der Waals surface area contributed by atoms with Crippen LogP contribution in [0.15, 0.2) is 0 Å². The number of hydrogen-bond donors (Lipinski definition) is 4. The monoisotopic (exact) mass is 86.1 g/mol. The molecule has 6 N–H and O–H groups in total. The van der Waals surface area contributed by atoms with Gasteiger partial charge in [0.05, 0.1) is 0 Å². The van der Waals surface area contributed by atoms with Crippen LogP contribution < -0.4 is 11.5 Å². The van der Waals surface area contributed by atoms with E-state index >= 15 is 0 Å². The Labute approximate surface area is 35.2 Å². The molecule has 4 nitrogen and oxygen atoms in total. The molecule has 0 aliphatic carbocycles. The Hall–Kier alpha value is -1.06. The number of amidine groups is 2. The first kappa shape index (κ1) is 4.94. The molecule has 0 aromatic rings. The molecule has 0 aliphatic heterocycles. The number of hydrogen-bond acceptors (Lipinski definition) is 2. The SMILES string of the molecule is N=C(N)C(=N)N. The molecule has 0 atom stereocenters. The molecule has 0 saturated heterocycles. The van der Waals surface area contributed by atoms with E-state index < -0.39 is 0 Å². The van der Waals surface area contributed by atoms with Crippen LogP contribution in [-0.2, 0) is 0 Å². The molecule has 0 saturated carbocycles. The van der Waals surface area contributed by atoms with E-state index in [1.807, 2.05) is 0 Å². The topological polar surface area (TPSA) is 99.7 Å². The van der Waals surface area contributed by atoms with Crippen LogP contribution in [0.25, 0.3) is 0 Å². The predicted octanol–water partition coefficient (Wildman–Crippen LogP) is -1.14. The summed E-state index contributed by atoms with van der Waals surface area (Å²) in [5.74, 6) is -0.759. The van der Waals surface area contributed by atoms with Crippen molar-refractivity contribution in [1.29, 1.82) is 10.8 Å². The lowest BCUT2D eigenvalue weighted by Crippen LogP contribution is -2.28. The van der Waals surface area contributed by atoms with Gasteiger partial charge < -0.3 is 11.5 Å². The van der Waals surface area contributed by atoms with Gasteiger partial charge in [-0.1, -0.05) is 0 Å². The molecule has 0 amide bonds. The van der Waals surface area contributed by atoms with Gasteiger partial charge in [0.25, 0.3) is 0 Å². The lowest BCUT2D eigenvalue weighted by Gasteiger charge is -1.84. The van der Waals surface area contributed by atoms with Crippen molar-refractivity contribution >= 4 is 11.7 Å². The predicted molar refractivity (Wildman–Crippen MR) is 23.8 cm³/mol. The summed E-state index contributed by atoms with van der Waals surface area (Å²) in [5.41, 5.74) is 9.34. The summed E-state index contributed by atoms with van der Waals surface area (Å²) in [4.78, 5) is 0. The molecule has 0 aromatic heterocycles. The van der Waals surface area contributed by atoms with Crippen LogP contribution >= 0.6 is 0 Å². The van der Waals surface area contributed by atoms with Crippen LogP contribution in [0.4, 0.5) is 0 Å². The van der Waals surface area contributed by atoms with Crippen molar-refractivity contribution in [3.63, 3.8) is 0 Å². The van der Waals surface area contributed by atoms with Crippen LogP contribution in [0.1, 0.15) is 0 Å². The third kappa shape index (κ3) is 1.28. The van der Waals surface area contributed by atoms with E-state index in [0.29, 0.717) is 0 Å². The third-order valence-corrected chi connectivity index (χ3v) is 0.290. The van der Waals surface area contributed by atoms with E-state index in [4.69, 9.17) is 10.8 Å². The van der Waals surface area contributed by atoms with Crippen molar-refractivity contribution in [2.45, 2.75) is 0 Å². The summed E-state index contributed by atoms with van der Waals surface area (Å²) >= 11 is 0. The number of nitrogens with one attached hydrogen (secondary N) is 2. The van der Waals surface area contributed by atoms with E-state index in [1.54, 1.807) is 0 Å². The lowest BCUT2D eigenvalue weighted by molar-refractivity contribution is 1.41. The molecule has 0 fully saturated rings. The minimum Gasteiger partial charge on any atom is -0.381 e. The summed E-state index contributed by atoms with van der Waals surface area (Å²) in [6.45, 7) is 0. The van der Waals surface area contributed by atoms with Gasteiger partial charge in [-0.3, -0.25) is 10.8 Å². The van der Waals surface area contributed by atoms with Crippen molar-refractivity contribution < 1.29 is 0 Å². The van der Waals surface area contributed by atoms with Crippen molar-refractivity contribution in [2.24, 2.45) is 11.5 Å². The van der Waals surface area contributed by atoms with Gasteiger partial charge >= 0.3 is 0 Å². The summed E-state index contributed by atoms with van der Waals surface area (Å²) < 4.78 is 0. The van der Waals surface area contributed by atoms with Gasteiger partial charge in [0.15, 0.2) is 11.7 Å². The highest BCUT2D eigenvalue weighted by molar-refractivity contribution is 6.36. The molecule has 0 spiro atoms. The number of nitrogens with two attached hydrogens (primary N) is 2. The highest BCUT2D eigenvalue weighted by atomic mass is 14.8. The highest BCUT2D eigenvalue weighted by Crippen LogP contribution is 1.48. The van der Waals surface area contributed by atoms with E-state index in [-0.39, 0.29) is 11.7 Å². The Kier molecular flexibility index (Phi) is 1.15. The molecule has 34 valence electrons. The second kappa shape index (κ2) is 1.40. The maximum absolute atomic E-state index is 6.38. The molecule has 6 heavy (non-hydrogen) atoms. The van der Waals surface area contributed by atoms with Gasteiger partial charge in [-0.05, 0) is 0 Å². The lowest BCUT2D eigenvalue weighted by atomic mass is 10.6. The Morgan fingerprint density at radius 2 is 1.17 bits per heavy atom. The maximum atomic E-state index is 6.38. The third-order valence-electron chi connectivity index (χ3n) is 0.290. The highest BCUT2D eigenvalue weighted by Gasteiger charge is 1.84. The normalized spacial score (nSPS) is 7.33. The second-order valence-corrected chi connectivity index (χ2v) is 0.827. The Balaban J connectivity index is 3.57. The first-order valence-electron chi connectivity index (χ1n) is 1.33. The summed E-state index contributed by atoms with van der Waals surface area (Å²) in [6.07, 6.45) is 0. The Bertz CT molecular complexity index is 71.5. The standard InChI is InChI=1S/C2H6N4/c3-1(4)2(5)6/h(H3,3,4)(H3,5,6). The zero-order valence-electron chi connectivity index (χ0n) is 3.15. The molecule has 0 radical (unpaired) electrons. The molecule has 0 heterocycles. The van der Waals surface area contributed by atoms with E-state index in [9.17, 15) is 0 Å². The molecular weight excluding hydrogens is 80.1 g/mol. The van der Waals surface area contributed by atoms with Crippen LogP contribution in [0.3, 0.4) is 0 Å². The van der Waals surface area contributed by atoms with E-state index in [0.717, 1.165) is 0 Å². The van der Waals surface area contributed by atoms with Crippen molar-refractivity contribution in [3.8, 4) is 0 Å². The fourth-order valence-corrected chi connectivity index (χ4v) is 0. The van der Waals surface area contributed by atoms with Crippen LogP contribution in [0.2, 0.25) is 0 Å². The maximum Gasteiger partial charge on any atom is 0.158 e. The zero-order chi connectivity index (χ0) is 5.15. The van der Waals surface area contributed by atoms with Crippen molar-refractivity contribution in [2.75, 3.05) is 0 Å². The second-order valence-electron chi connectivity index (χ2n) is 0.827. The fourth-order valence-electron chi connectivity index (χ4n) is 0. The zero-order valence-corrected chi connectivity index (χ0v) is 3.15. The first-order valence-corrected chi connectivity index (χ1v) is 1.33. The first-order chi connectivity index (χ1) is 2.64. The average molecular weight is 86.1 g/mol. The molecule has 0 aliphatic rings. The van der Waals surface area contributed by atoms with Crippen molar-refractivity contribution in [3.05, 3.63) is 0 Å². The minimum atomic E-state index is -0.380. The molecule has 0 bridgehead atoms. The van der Waals surface area contributed by atoms with Gasteiger partial charge in [0, 0.05) is 0 Å². The largest absolute Gasteiger partial charge is 0.381 e. The Morgan fingerprint density at radius 1 is 1.00 bits per heavy atom. The molecule has 0 rings (SSSR count). The van der Waals surface area contributed by atoms with Crippen molar-refractivity contribution in [1.82, 2.24) is 0 Å². The van der Waals surface area contributed by atoms with Gasteiger partial charge in [-0.25, -0.2) is 0 Å². The van der Waals surface area contributed by atoms with E-state index in [2.05, 4.69) is 11.5 Å². The van der Waals surface area contributed by atoms with Gasteiger partial charge in [0.1, 0.15) is 0 Å². The number of rotatable bonds is 0. The summed E-state index contributed by atoms with van der Waals surface area (Å²) in [5, 5.41) is 12.8. The minimum absolute atomic E-state index is 0.380. The van der Waals surface area contributed by atoms with Crippen LogP contribution in [0, 0.1) is 10.8 Å². The average Bonchev–Trinajstić information content (AvgIpc) is 1.36. The summed E-state index contributed by atoms with van der Waals surface area (Å²) in [7, 11) is 0. The Morgan fingerprint density at radius 3 is 1.17 bits per heavy atom. The van der Waals surface area contributed by atoms with E-state index in [1.165, 1.54) is 0 Å². The van der Waals surface area contributed by atoms with Gasteiger partial charge in [0.2, 0.25) is 0 Å². The van der Waals surface area contributed by atoms with Crippen LogP contribution in [-0.4, -0.2) is 11.7 Å². The fraction of sp³-hybridized carbons (Fsp3) is 0. The molecule has 0 aromatic carbocycles.